The van der Waals surface area contributed by atoms with Gasteiger partial charge in [-0.2, -0.15) is 0 Å². The number of fused-ring (bicyclic) bond motifs is 1. The third kappa shape index (κ3) is 6.63. The monoisotopic (exact) mass is 522 g/mol. The van der Waals surface area contributed by atoms with Crippen LogP contribution in [-0.2, 0) is 19.4 Å². The summed E-state index contributed by atoms with van der Waals surface area (Å²) in [4.78, 5) is 19.5. The second-order valence-electron chi connectivity index (χ2n) is 10.8. The fraction of sp³-hybridized carbons (Fsp3) is 0.467. The van der Waals surface area contributed by atoms with E-state index in [4.69, 9.17) is 18.9 Å². The van der Waals surface area contributed by atoms with E-state index in [0.29, 0.717) is 36.1 Å². The van der Waals surface area contributed by atoms with Crippen molar-refractivity contribution in [2.45, 2.75) is 73.5 Å². The Labute approximate surface area is 224 Å². The molecule has 1 aliphatic carbocycles. The van der Waals surface area contributed by atoms with E-state index >= 15 is 0 Å². The van der Waals surface area contributed by atoms with Gasteiger partial charge < -0.3 is 19.2 Å². The molecule has 0 unspecified atom stereocenters. The Morgan fingerprint density at radius 2 is 2.08 bits per heavy atom. The van der Waals surface area contributed by atoms with Gasteiger partial charge in [-0.3, -0.25) is 4.79 Å². The van der Waals surface area contributed by atoms with Gasteiger partial charge in [0.25, 0.3) is 5.91 Å². The molecule has 3 aromatic rings. The molecular weight excluding hydrogens is 484 g/mol. The number of nitrogens with zero attached hydrogens (tertiary/aromatic N) is 1. The van der Waals surface area contributed by atoms with Gasteiger partial charge in [0, 0.05) is 11.1 Å². The van der Waals surface area contributed by atoms with Crippen LogP contribution in [0.5, 0.6) is 11.5 Å². The second kappa shape index (κ2) is 11.5. The van der Waals surface area contributed by atoms with E-state index < -0.39 is 0 Å². The van der Waals surface area contributed by atoms with E-state index in [1.807, 2.05) is 57.3 Å². The van der Waals surface area contributed by atoms with Crippen LogP contribution in [0.1, 0.15) is 80.1 Å². The van der Waals surface area contributed by atoms with Gasteiger partial charge >= 0.3 is 0 Å². The number of aliphatic imine (C=N–C) groups is 1. The highest BCUT2D eigenvalue weighted by molar-refractivity contribution is 7.16. The van der Waals surface area contributed by atoms with Crippen molar-refractivity contribution in [1.29, 1.82) is 0 Å². The lowest BCUT2D eigenvalue weighted by Gasteiger charge is -2.33. The van der Waals surface area contributed by atoms with Crippen molar-refractivity contribution in [3.05, 3.63) is 63.9 Å². The highest BCUT2D eigenvalue weighted by Crippen LogP contribution is 2.45. The van der Waals surface area contributed by atoms with Gasteiger partial charge in [0.15, 0.2) is 11.5 Å². The fourth-order valence-corrected chi connectivity index (χ4v) is 5.93. The Bertz CT molecular complexity index is 1240. The quantitative estimate of drug-likeness (QED) is 0.298. The molecule has 1 amide bonds. The number of hydrogen-bond donors (Lipinski definition) is 1. The fourth-order valence-electron chi connectivity index (χ4n) is 4.66. The second-order valence-corrected chi connectivity index (χ2v) is 11.9. The zero-order valence-electron chi connectivity index (χ0n) is 22.7. The lowest BCUT2D eigenvalue weighted by Crippen LogP contribution is -2.28. The number of thiophene rings is 1. The summed E-state index contributed by atoms with van der Waals surface area (Å²) in [6, 6.07) is 9.49. The molecule has 1 atom stereocenters. The number of benzene rings is 1. The summed E-state index contributed by atoms with van der Waals surface area (Å²) < 4.78 is 17.1. The molecule has 0 radical (unpaired) electrons. The first-order chi connectivity index (χ1) is 17.7. The number of carbonyl (C=O) groups excluding carboxylic acids is 1. The van der Waals surface area contributed by atoms with Crippen LogP contribution in [0.15, 0.2) is 46.0 Å². The number of rotatable bonds is 9. The Morgan fingerprint density at radius 1 is 1.27 bits per heavy atom. The molecule has 1 N–H and O–H groups in total. The van der Waals surface area contributed by atoms with Crippen LogP contribution >= 0.6 is 11.3 Å². The smallest absolute Gasteiger partial charge is 0.255 e. The van der Waals surface area contributed by atoms with Crippen LogP contribution in [0.2, 0.25) is 0 Å². The van der Waals surface area contributed by atoms with Crippen molar-refractivity contribution in [1.82, 2.24) is 5.32 Å². The lowest BCUT2D eigenvalue weighted by atomic mass is 9.72. The van der Waals surface area contributed by atoms with E-state index in [-0.39, 0.29) is 17.4 Å². The molecule has 37 heavy (non-hydrogen) atoms. The van der Waals surface area contributed by atoms with Crippen LogP contribution in [0.25, 0.3) is 0 Å². The molecule has 1 aromatic carbocycles. The Morgan fingerprint density at radius 3 is 2.76 bits per heavy atom. The minimum Gasteiger partial charge on any atom is -0.490 e. The van der Waals surface area contributed by atoms with Crippen molar-refractivity contribution in [2.75, 3.05) is 6.61 Å². The largest absolute Gasteiger partial charge is 0.490 e. The minimum atomic E-state index is -0.106. The van der Waals surface area contributed by atoms with Gasteiger partial charge in [-0.15, -0.1) is 11.3 Å². The maximum absolute atomic E-state index is 13.4. The van der Waals surface area contributed by atoms with Crippen LogP contribution in [0.3, 0.4) is 0 Å². The zero-order chi connectivity index (χ0) is 26.6. The van der Waals surface area contributed by atoms with Crippen molar-refractivity contribution >= 4 is 28.5 Å². The van der Waals surface area contributed by atoms with Crippen molar-refractivity contribution < 1.29 is 18.7 Å². The molecule has 0 saturated heterocycles. The Kier molecular flexibility index (Phi) is 8.42. The summed E-state index contributed by atoms with van der Waals surface area (Å²) in [5.74, 6) is 2.60. The highest BCUT2D eigenvalue weighted by Gasteiger charge is 2.33. The number of nitrogens with one attached hydrogen (secondary N) is 1. The molecule has 1 aliphatic rings. The third-order valence-corrected chi connectivity index (χ3v) is 7.83. The predicted molar refractivity (Wildman–Crippen MR) is 150 cm³/mol. The first kappa shape index (κ1) is 27.0. The highest BCUT2D eigenvalue weighted by atomic mass is 32.1. The summed E-state index contributed by atoms with van der Waals surface area (Å²) in [5, 5.41) is 3.78. The first-order valence-electron chi connectivity index (χ1n) is 13.1. The molecule has 0 spiro atoms. The first-order valence-corrected chi connectivity index (χ1v) is 13.9. The molecule has 6 nitrogen and oxygen atoms in total. The molecule has 0 aliphatic heterocycles. The summed E-state index contributed by atoms with van der Waals surface area (Å²) >= 11 is 1.64. The SMILES string of the molecule is CCOc1cc(C=Nc2sc3c(c2C(=O)NCc2ccco2)CC[C@@H](C(C)(C)C)C3)ccc1OC(C)C. The molecular formula is C30H38N2O4S. The zero-order valence-corrected chi connectivity index (χ0v) is 23.5. The molecule has 0 saturated carbocycles. The number of amides is 1. The van der Waals surface area contributed by atoms with E-state index in [0.717, 1.165) is 41.2 Å². The van der Waals surface area contributed by atoms with Gasteiger partial charge in [0.05, 0.1) is 31.1 Å². The number of furan rings is 1. The van der Waals surface area contributed by atoms with Gasteiger partial charge in [0.2, 0.25) is 0 Å². The van der Waals surface area contributed by atoms with E-state index in [1.54, 1.807) is 17.6 Å². The summed E-state index contributed by atoms with van der Waals surface area (Å²) in [7, 11) is 0. The molecule has 198 valence electrons. The van der Waals surface area contributed by atoms with Crippen molar-refractivity contribution in [3.63, 3.8) is 0 Å². The molecule has 4 rings (SSSR count). The van der Waals surface area contributed by atoms with E-state index in [2.05, 4.69) is 26.1 Å². The summed E-state index contributed by atoms with van der Waals surface area (Å²) in [6.07, 6.45) is 6.42. The van der Waals surface area contributed by atoms with Gasteiger partial charge in [-0.1, -0.05) is 20.8 Å². The van der Waals surface area contributed by atoms with Crippen molar-refractivity contribution in [2.24, 2.45) is 16.3 Å². The predicted octanol–water partition coefficient (Wildman–Crippen LogP) is 7.36. The summed E-state index contributed by atoms with van der Waals surface area (Å²) in [5.41, 5.74) is 2.95. The van der Waals surface area contributed by atoms with E-state index in [1.165, 1.54) is 4.88 Å². The normalized spacial score (nSPS) is 15.7. The number of hydrogen-bond acceptors (Lipinski definition) is 6. The summed E-state index contributed by atoms with van der Waals surface area (Å²) in [6.45, 7) is 13.7. The van der Waals surface area contributed by atoms with Crippen LogP contribution < -0.4 is 14.8 Å². The van der Waals surface area contributed by atoms with Crippen LogP contribution in [0, 0.1) is 11.3 Å². The maximum atomic E-state index is 13.4. The molecule has 0 fully saturated rings. The molecule has 2 aromatic heterocycles. The average molecular weight is 523 g/mol. The minimum absolute atomic E-state index is 0.0512. The number of carbonyl (C=O) groups is 1. The average Bonchev–Trinajstić information content (AvgIpc) is 3.49. The Balaban J connectivity index is 1.64. The van der Waals surface area contributed by atoms with Gasteiger partial charge in [-0.05, 0) is 92.8 Å². The molecule has 7 heteroatoms. The third-order valence-electron chi connectivity index (χ3n) is 6.66. The maximum Gasteiger partial charge on any atom is 0.255 e. The van der Waals surface area contributed by atoms with Gasteiger partial charge in [-0.25, -0.2) is 4.99 Å². The van der Waals surface area contributed by atoms with Crippen molar-refractivity contribution in [3.8, 4) is 11.5 Å². The van der Waals surface area contributed by atoms with Crippen LogP contribution in [0.4, 0.5) is 5.00 Å². The number of ether oxygens (including phenoxy) is 2. The van der Waals surface area contributed by atoms with Crippen LogP contribution in [-0.4, -0.2) is 24.8 Å². The van der Waals surface area contributed by atoms with E-state index in [9.17, 15) is 4.79 Å². The molecule has 0 bridgehead atoms. The Hall–Kier alpha value is -3.06. The lowest BCUT2D eigenvalue weighted by molar-refractivity contribution is 0.0947. The van der Waals surface area contributed by atoms with Gasteiger partial charge in [0.1, 0.15) is 10.8 Å². The molecule has 2 heterocycles. The topological polar surface area (TPSA) is 73.1 Å². The standard InChI is InChI=1S/C30H38N2O4S/c1-7-34-25-15-20(10-13-24(25)36-19(2)3)17-32-29-27(28(33)31-18-22-9-8-14-35-22)23-12-11-21(30(4,5)6)16-26(23)37-29/h8-10,13-15,17,19,21H,7,11-12,16,18H2,1-6H3,(H,31,33)/t21-/m1/s1.